The van der Waals surface area contributed by atoms with Crippen molar-refractivity contribution in [1.82, 2.24) is 6.15 Å². The van der Waals surface area contributed by atoms with Crippen LogP contribution in [-0.4, -0.2) is 23.7 Å². The zero-order chi connectivity index (χ0) is 11.3. The topological polar surface area (TPSA) is 108 Å². The van der Waals surface area contributed by atoms with E-state index >= 15 is 0 Å². The highest BCUT2D eigenvalue weighted by Gasteiger charge is 2.14. The lowest BCUT2D eigenvalue weighted by atomic mass is 10.1. The molecule has 0 saturated carbocycles. The number of ether oxygens (including phenoxy) is 1. The molecular formula is C11H19FN2O3. The molecule has 6 heteroatoms. The fourth-order valence-electron chi connectivity index (χ4n) is 1.22. The molecule has 1 aromatic carbocycles. The fraction of sp³-hybridized carbons (Fsp3) is 0.364. The quantitative estimate of drug-likeness (QED) is 0.690. The van der Waals surface area contributed by atoms with Gasteiger partial charge in [0.15, 0.2) is 0 Å². The summed E-state index contributed by atoms with van der Waals surface area (Å²) in [5.41, 5.74) is 6.53. The van der Waals surface area contributed by atoms with Crippen molar-refractivity contribution in [2.45, 2.75) is 19.4 Å². The van der Waals surface area contributed by atoms with Crippen LogP contribution in [-0.2, 0) is 16.0 Å². The van der Waals surface area contributed by atoms with Crippen molar-refractivity contribution >= 4 is 5.97 Å². The van der Waals surface area contributed by atoms with E-state index in [1.54, 1.807) is 31.2 Å². The average molecular weight is 246 g/mol. The van der Waals surface area contributed by atoms with Crippen molar-refractivity contribution in [3.8, 4) is 5.75 Å². The van der Waals surface area contributed by atoms with Gasteiger partial charge in [-0.05, 0) is 31.0 Å². The summed E-state index contributed by atoms with van der Waals surface area (Å²) in [5.74, 6) is -0.200. The summed E-state index contributed by atoms with van der Waals surface area (Å²) >= 11 is 0. The third-order valence-corrected chi connectivity index (χ3v) is 1.98. The average Bonchev–Trinajstić information content (AvgIpc) is 2.22. The maximum Gasteiger partial charge on any atom is 0.323 e. The number of hydrogen-bond acceptors (Lipinski definition) is 5. The molecule has 0 amide bonds. The maximum absolute atomic E-state index is 11.2. The maximum atomic E-state index is 11.2. The second-order valence-electron chi connectivity index (χ2n) is 3.23. The first-order valence-corrected chi connectivity index (χ1v) is 4.83. The number of aromatic hydroxyl groups is 1. The van der Waals surface area contributed by atoms with Crippen molar-refractivity contribution in [2.75, 3.05) is 6.61 Å². The Morgan fingerprint density at radius 2 is 1.94 bits per heavy atom. The van der Waals surface area contributed by atoms with Crippen LogP contribution in [0.5, 0.6) is 5.75 Å². The van der Waals surface area contributed by atoms with E-state index in [1.165, 1.54) is 0 Å². The third kappa shape index (κ3) is 5.84. The van der Waals surface area contributed by atoms with Crippen LogP contribution in [0.1, 0.15) is 12.5 Å². The highest BCUT2D eigenvalue weighted by atomic mass is 19.0. The van der Waals surface area contributed by atoms with E-state index in [2.05, 4.69) is 0 Å². The summed E-state index contributed by atoms with van der Waals surface area (Å²) in [6.07, 6.45) is 0.416. The summed E-state index contributed by atoms with van der Waals surface area (Å²) in [5, 5.41) is 9.06. The molecule has 0 radical (unpaired) electrons. The molecule has 0 aliphatic carbocycles. The van der Waals surface area contributed by atoms with Crippen molar-refractivity contribution in [1.29, 1.82) is 0 Å². The molecule has 1 rings (SSSR count). The van der Waals surface area contributed by atoms with Crippen LogP contribution in [0, 0.1) is 0 Å². The van der Waals surface area contributed by atoms with Crippen LogP contribution < -0.4 is 11.9 Å². The van der Waals surface area contributed by atoms with Gasteiger partial charge in [-0.2, -0.15) is 0 Å². The van der Waals surface area contributed by atoms with Crippen LogP contribution in [0.2, 0.25) is 0 Å². The number of hydrogen-bond donors (Lipinski definition) is 3. The zero-order valence-electron chi connectivity index (χ0n) is 9.76. The van der Waals surface area contributed by atoms with Crippen molar-refractivity contribution < 1.29 is 19.3 Å². The van der Waals surface area contributed by atoms with Gasteiger partial charge in [-0.15, -0.1) is 0 Å². The van der Waals surface area contributed by atoms with Crippen molar-refractivity contribution in [2.24, 2.45) is 5.73 Å². The summed E-state index contributed by atoms with van der Waals surface area (Å²) in [4.78, 5) is 11.2. The van der Waals surface area contributed by atoms with Crippen LogP contribution in [0.25, 0.3) is 0 Å². The molecule has 98 valence electrons. The molecule has 5 nitrogen and oxygen atoms in total. The Morgan fingerprint density at radius 1 is 1.41 bits per heavy atom. The second kappa shape index (κ2) is 8.49. The number of nitrogens with two attached hydrogens (primary N) is 1. The predicted molar refractivity (Wildman–Crippen MR) is 63.9 cm³/mol. The van der Waals surface area contributed by atoms with Gasteiger partial charge in [-0.1, -0.05) is 12.1 Å². The van der Waals surface area contributed by atoms with Gasteiger partial charge in [0.25, 0.3) is 0 Å². The Kier molecular flexibility index (Phi) is 8.85. The highest BCUT2D eigenvalue weighted by Crippen LogP contribution is 2.11. The van der Waals surface area contributed by atoms with E-state index in [9.17, 15) is 4.79 Å². The van der Waals surface area contributed by atoms with Crippen LogP contribution in [0.3, 0.4) is 0 Å². The number of halogens is 1. The number of benzene rings is 1. The zero-order valence-corrected chi connectivity index (χ0v) is 9.76. The van der Waals surface area contributed by atoms with Gasteiger partial charge in [0, 0.05) is 0 Å². The molecule has 17 heavy (non-hydrogen) atoms. The third-order valence-electron chi connectivity index (χ3n) is 1.98. The minimum atomic E-state index is -0.644. The minimum Gasteiger partial charge on any atom is -0.508 e. The van der Waals surface area contributed by atoms with E-state index in [0.717, 1.165) is 5.56 Å². The lowest BCUT2D eigenvalue weighted by Gasteiger charge is -2.10. The highest BCUT2D eigenvalue weighted by molar-refractivity contribution is 5.75. The Morgan fingerprint density at radius 3 is 2.41 bits per heavy atom. The molecule has 0 saturated heterocycles. The smallest absolute Gasteiger partial charge is 0.323 e. The molecule has 0 aliphatic rings. The van der Waals surface area contributed by atoms with Crippen LogP contribution in [0.4, 0.5) is 4.70 Å². The molecule has 0 unspecified atom stereocenters. The van der Waals surface area contributed by atoms with Gasteiger partial charge in [0.1, 0.15) is 11.8 Å². The molecule has 0 aliphatic heterocycles. The largest absolute Gasteiger partial charge is 0.508 e. The van der Waals surface area contributed by atoms with Gasteiger partial charge in [-0.25, -0.2) is 0 Å². The number of phenols is 1. The van der Waals surface area contributed by atoms with E-state index in [0.29, 0.717) is 13.0 Å². The number of phenolic OH excluding ortho intramolecular Hbond substituents is 1. The Hall–Kier alpha value is -1.66. The van der Waals surface area contributed by atoms with Gasteiger partial charge in [-0.3, -0.25) is 9.50 Å². The summed E-state index contributed by atoms with van der Waals surface area (Å²) in [7, 11) is 0. The summed E-state index contributed by atoms with van der Waals surface area (Å²) in [6, 6.07) is 5.94. The molecule has 0 spiro atoms. The summed E-state index contributed by atoms with van der Waals surface area (Å²) < 4.78 is 4.79. The lowest BCUT2D eigenvalue weighted by molar-refractivity contribution is -0.144. The van der Waals surface area contributed by atoms with Crippen LogP contribution in [0.15, 0.2) is 24.3 Å². The van der Waals surface area contributed by atoms with Gasteiger partial charge >= 0.3 is 5.97 Å². The first-order valence-electron chi connectivity index (χ1n) is 4.83. The monoisotopic (exact) mass is 246 g/mol. The fourth-order valence-corrected chi connectivity index (χ4v) is 1.22. The molecular weight excluding hydrogens is 227 g/mol. The molecule has 0 aromatic heterocycles. The minimum absolute atomic E-state index is 0. The van der Waals surface area contributed by atoms with Crippen molar-refractivity contribution in [3.05, 3.63) is 29.8 Å². The standard InChI is InChI=1S/C11H15NO3.FH.H3N/c1-2-15-11(14)10(12)7-8-3-5-9(13)6-4-8;;/h3-6,10,13H,2,7,12H2,1H3;1H;1H3/t10-;;/m0../s1. The van der Waals surface area contributed by atoms with E-state index < -0.39 is 12.0 Å². The molecule has 1 aromatic rings. The number of esters is 1. The van der Waals surface area contributed by atoms with E-state index in [-0.39, 0.29) is 16.6 Å². The number of rotatable bonds is 4. The molecule has 0 heterocycles. The normalized spacial score (nSPS) is 10.7. The summed E-state index contributed by atoms with van der Waals surface area (Å²) in [6.45, 7) is 2.08. The molecule has 0 fully saturated rings. The first kappa shape index (κ1) is 17.7. The van der Waals surface area contributed by atoms with Gasteiger partial charge < -0.3 is 21.7 Å². The van der Waals surface area contributed by atoms with Crippen LogP contribution >= 0.6 is 0 Å². The lowest BCUT2D eigenvalue weighted by Crippen LogP contribution is -2.34. The Labute approximate surface area is 99.5 Å². The second-order valence-corrected chi connectivity index (χ2v) is 3.23. The SMILES string of the molecule is CCOC(=O)[C@@H](N)Cc1ccc(O)cc1.F.N. The van der Waals surface area contributed by atoms with E-state index in [1.807, 2.05) is 0 Å². The molecule has 6 N–H and O–H groups in total. The molecule has 1 atom stereocenters. The number of carbonyl (C=O) groups excluding carboxylic acids is 1. The number of carbonyl (C=O) groups is 1. The van der Waals surface area contributed by atoms with E-state index in [4.69, 9.17) is 15.6 Å². The first-order chi connectivity index (χ1) is 7.13. The Balaban J connectivity index is 0. The van der Waals surface area contributed by atoms with Gasteiger partial charge in [0.05, 0.1) is 6.61 Å². The van der Waals surface area contributed by atoms with Crippen molar-refractivity contribution in [3.63, 3.8) is 0 Å². The molecule has 0 bridgehead atoms. The van der Waals surface area contributed by atoms with Gasteiger partial charge in [0.2, 0.25) is 0 Å². The Bertz CT molecular complexity index is 330. The predicted octanol–water partition coefficient (Wildman–Crippen LogP) is 1.14.